The van der Waals surface area contributed by atoms with Crippen molar-refractivity contribution in [1.82, 2.24) is 25.0 Å². The molecule has 0 bridgehead atoms. The molecule has 0 aliphatic carbocycles. The number of rotatable bonds is 4. The fraction of sp³-hybridized carbons (Fsp3) is 0.375. The molecular formula is C16H18FN5O2. The molecule has 24 heavy (non-hydrogen) atoms. The second-order valence-corrected chi connectivity index (χ2v) is 5.80. The van der Waals surface area contributed by atoms with Gasteiger partial charge in [0.15, 0.2) is 0 Å². The molecule has 8 heteroatoms. The van der Waals surface area contributed by atoms with E-state index >= 15 is 0 Å². The van der Waals surface area contributed by atoms with Crippen LogP contribution in [-0.4, -0.2) is 31.5 Å². The van der Waals surface area contributed by atoms with Gasteiger partial charge in [-0.2, -0.15) is 5.10 Å². The number of nitrogens with zero attached hydrogens (tertiary/aromatic N) is 4. The van der Waals surface area contributed by atoms with Gasteiger partial charge >= 0.3 is 0 Å². The lowest BCUT2D eigenvalue weighted by Gasteiger charge is -2.16. The molecule has 3 heterocycles. The molecule has 0 spiro atoms. The largest absolute Gasteiger partial charge is 0.351 e. The molecular weight excluding hydrogens is 313 g/mol. The molecule has 7 nitrogen and oxygen atoms in total. The molecule has 0 saturated carbocycles. The van der Waals surface area contributed by atoms with E-state index in [9.17, 15) is 14.0 Å². The summed E-state index contributed by atoms with van der Waals surface area (Å²) in [5.41, 5.74) is 3.26. The highest BCUT2D eigenvalue weighted by atomic mass is 19.1. The van der Waals surface area contributed by atoms with E-state index in [4.69, 9.17) is 0 Å². The van der Waals surface area contributed by atoms with Gasteiger partial charge in [-0.15, -0.1) is 0 Å². The lowest BCUT2D eigenvalue weighted by Crippen LogP contribution is -2.28. The summed E-state index contributed by atoms with van der Waals surface area (Å²) in [6, 6.07) is 2.81. The van der Waals surface area contributed by atoms with Gasteiger partial charge in [0.2, 0.25) is 11.8 Å². The predicted octanol–water partition coefficient (Wildman–Crippen LogP) is 0.675. The Morgan fingerprint density at radius 1 is 1.33 bits per heavy atom. The summed E-state index contributed by atoms with van der Waals surface area (Å²) in [7, 11) is 1.83. The number of pyridine rings is 1. The van der Waals surface area contributed by atoms with Crippen LogP contribution in [0, 0.1) is 5.82 Å². The average Bonchev–Trinajstić information content (AvgIpc) is 3.09. The van der Waals surface area contributed by atoms with Crippen molar-refractivity contribution < 1.29 is 14.0 Å². The Labute approximate surface area is 138 Å². The Bertz CT molecular complexity index is 785. The zero-order chi connectivity index (χ0) is 17.3. The highest BCUT2D eigenvalue weighted by molar-refractivity contribution is 5.79. The van der Waals surface area contributed by atoms with Gasteiger partial charge in [-0.3, -0.25) is 19.3 Å². The fourth-order valence-electron chi connectivity index (χ4n) is 2.78. The maximum Gasteiger partial charge on any atom is 0.229 e. The Balaban J connectivity index is 1.69. The van der Waals surface area contributed by atoms with Crippen molar-refractivity contribution in [2.24, 2.45) is 7.05 Å². The molecule has 2 amide bonds. The van der Waals surface area contributed by atoms with Crippen LogP contribution in [-0.2, 0) is 42.7 Å². The molecule has 1 aliphatic rings. The first-order valence-electron chi connectivity index (χ1n) is 7.60. The molecule has 0 radical (unpaired) electrons. The number of carbonyl (C=O) groups is 2. The Morgan fingerprint density at radius 3 is 2.79 bits per heavy atom. The van der Waals surface area contributed by atoms with Gasteiger partial charge in [-0.1, -0.05) is 0 Å². The highest BCUT2D eigenvalue weighted by Crippen LogP contribution is 2.26. The first kappa shape index (κ1) is 16.1. The number of hydrogen-bond acceptors (Lipinski definition) is 4. The van der Waals surface area contributed by atoms with Crippen LogP contribution in [0.2, 0.25) is 0 Å². The van der Waals surface area contributed by atoms with Crippen LogP contribution >= 0.6 is 0 Å². The van der Waals surface area contributed by atoms with Crippen LogP contribution in [0.4, 0.5) is 4.39 Å². The molecule has 0 aromatic carbocycles. The van der Waals surface area contributed by atoms with Crippen LogP contribution < -0.4 is 5.32 Å². The Kier molecular flexibility index (Phi) is 4.28. The highest BCUT2D eigenvalue weighted by Gasteiger charge is 2.29. The van der Waals surface area contributed by atoms with Crippen molar-refractivity contribution in [3.63, 3.8) is 0 Å². The van der Waals surface area contributed by atoms with Gasteiger partial charge in [-0.25, -0.2) is 4.39 Å². The zero-order valence-electron chi connectivity index (χ0n) is 13.5. The van der Waals surface area contributed by atoms with Crippen LogP contribution in [0.25, 0.3) is 0 Å². The van der Waals surface area contributed by atoms with E-state index < -0.39 is 5.82 Å². The smallest absolute Gasteiger partial charge is 0.229 e. The van der Waals surface area contributed by atoms with Crippen LogP contribution in [0.1, 0.15) is 29.6 Å². The molecule has 3 rings (SSSR count). The van der Waals surface area contributed by atoms with Crippen molar-refractivity contribution in [3.8, 4) is 0 Å². The van der Waals surface area contributed by atoms with Gasteiger partial charge in [0.25, 0.3) is 0 Å². The zero-order valence-corrected chi connectivity index (χ0v) is 13.5. The third-order valence-corrected chi connectivity index (χ3v) is 4.03. The lowest BCUT2D eigenvalue weighted by atomic mass is 10.2. The number of aryl methyl sites for hydroxylation is 1. The first-order valence-corrected chi connectivity index (χ1v) is 7.60. The van der Waals surface area contributed by atoms with Crippen LogP contribution in [0.3, 0.4) is 0 Å². The summed E-state index contributed by atoms with van der Waals surface area (Å²) >= 11 is 0. The first-order chi connectivity index (χ1) is 11.4. The molecule has 2 aromatic heterocycles. The number of hydrogen-bond donors (Lipinski definition) is 1. The molecule has 2 aromatic rings. The minimum absolute atomic E-state index is 0.0733. The lowest BCUT2D eigenvalue weighted by molar-refractivity contribution is -0.131. The molecule has 1 aliphatic heterocycles. The number of halogens is 1. The van der Waals surface area contributed by atoms with Crippen molar-refractivity contribution in [1.29, 1.82) is 0 Å². The molecule has 0 saturated heterocycles. The number of aromatic nitrogens is 3. The van der Waals surface area contributed by atoms with Gasteiger partial charge in [0, 0.05) is 31.8 Å². The van der Waals surface area contributed by atoms with Crippen LogP contribution in [0.15, 0.2) is 18.3 Å². The average molecular weight is 331 g/mol. The third kappa shape index (κ3) is 3.27. The monoisotopic (exact) mass is 331 g/mol. The van der Waals surface area contributed by atoms with Gasteiger partial charge < -0.3 is 10.2 Å². The van der Waals surface area contributed by atoms with Crippen molar-refractivity contribution in [2.45, 2.75) is 33.0 Å². The van der Waals surface area contributed by atoms with E-state index in [0.29, 0.717) is 25.3 Å². The minimum atomic E-state index is -0.423. The third-order valence-electron chi connectivity index (χ3n) is 4.03. The number of amides is 2. The summed E-state index contributed by atoms with van der Waals surface area (Å²) in [5.74, 6) is -0.619. The van der Waals surface area contributed by atoms with E-state index in [1.54, 1.807) is 9.58 Å². The quantitative estimate of drug-likeness (QED) is 0.893. The summed E-state index contributed by atoms with van der Waals surface area (Å²) in [5, 5.41) is 7.13. The molecule has 0 unspecified atom stereocenters. The fourth-order valence-corrected chi connectivity index (χ4v) is 2.78. The number of nitrogens with one attached hydrogen (secondary N) is 1. The van der Waals surface area contributed by atoms with Gasteiger partial charge in [-0.05, 0) is 12.1 Å². The van der Waals surface area contributed by atoms with E-state index in [2.05, 4.69) is 15.4 Å². The molecule has 126 valence electrons. The van der Waals surface area contributed by atoms with E-state index in [1.165, 1.54) is 19.1 Å². The summed E-state index contributed by atoms with van der Waals surface area (Å²) < 4.78 is 14.6. The predicted molar refractivity (Wildman–Crippen MR) is 82.9 cm³/mol. The normalized spacial score (nSPS) is 13.0. The van der Waals surface area contributed by atoms with Gasteiger partial charge in [0.1, 0.15) is 5.82 Å². The van der Waals surface area contributed by atoms with Crippen LogP contribution in [0.5, 0.6) is 0 Å². The van der Waals surface area contributed by atoms with Crippen molar-refractivity contribution in [2.75, 3.05) is 0 Å². The summed E-state index contributed by atoms with van der Waals surface area (Å²) in [4.78, 5) is 29.2. The second-order valence-electron chi connectivity index (χ2n) is 5.80. The second kappa shape index (κ2) is 6.38. The summed E-state index contributed by atoms with van der Waals surface area (Å²) in [6.07, 6.45) is 1.24. The van der Waals surface area contributed by atoms with Crippen molar-refractivity contribution in [3.05, 3.63) is 46.8 Å². The molecule has 1 N–H and O–H groups in total. The number of carbonyl (C=O) groups excluding carboxylic acids is 2. The standard InChI is InChI=1S/C16H18FN5O2/c1-10(23)18-7-14-13-8-22(9-15(13)21(2)20-14)16(24)5-12-4-3-11(17)6-19-12/h3-4,6H,5,7-9H2,1-2H3,(H,18,23). The maximum atomic E-state index is 12.9. The number of fused-ring (bicyclic) bond motifs is 1. The summed E-state index contributed by atoms with van der Waals surface area (Å²) in [6.45, 7) is 2.73. The SMILES string of the molecule is CC(=O)NCc1nn(C)c2c1CN(C(=O)Cc1ccc(F)cn1)C2. The Hall–Kier alpha value is -2.77. The topological polar surface area (TPSA) is 80.1 Å². The van der Waals surface area contributed by atoms with E-state index in [-0.39, 0.29) is 18.2 Å². The van der Waals surface area contributed by atoms with E-state index in [0.717, 1.165) is 23.1 Å². The van der Waals surface area contributed by atoms with Crippen molar-refractivity contribution >= 4 is 11.8 Å². The maximum absolute atomic E-state index is 12.9. The minimum Gasteiger partial charge on any atom is -0.351 e. The Morgan fingerprint density at radius 2 is 2.12 bits per heavy atom. The van der Waals surface area contributed by atoms with Gasteiger partial charge in [0.05, 0.1) is 37.1 Å². The molecule has 0 atom stereocenters. The molecule has 0 fully saturated rings. The van der Waals surface area contributed by atoms with E-state index in [1.807, 2.05) is 7.05 Å².